The molecule has 2 heterocycles. The number of ether oxygens (including phenoxy) is 17. The summed E-state index contributed by atoms with van der Waals surface area (Å²) in [6.07, 6.45) is -11.1. The summed E-state index contributed by atoms with van der Waals surface area (Å²) in [6.45, 7) is 14.0. The van der Waals surface area contributed by atoms with E-state index in [-0.39, 0.29) is 69.7 Å². The van der Waals surface area contributed by atoms with Gasteiger partial charge in [-0.2, -0.15) is 0 Å². The van der Waals surface area contributed by atoms with Gasteiger partial charge in [0.2, 0.25) is 17.7 Å². The van der Waals surface area contributed by atoms with Crippen molar-refractivity contribution < 1.29 is 130 Å². The fourth-order valence-corrected chi connectivity index (χ4v) is 10.8. The van der Waals surface area contributed by atoms with E-state index in [0.29, 0.717) is 145 Å². The molecule has 30 heteroatoms. The maximum atomic E-state index is 14.0. The van der Waals surface area contributed by atoms with E-state index in [4.69, 9.17) is 80.5 Å². The van der Waals surface area contributed by atoms with Gasteiger partial charge in [0.05, 0.1) is 177 Å². The van der Waals surface area contributed by atoms with Crippen molar-refractivity contribution in [3.8, 4) is 0 Å². The average molecular weight is 1300 g/mol. The molecule has 2 aliphatic carbocycles. The molecule has 526 valence electrons. The number of methoxy groups -OCH3 is 1. The number of aliphatic carboxylic acids is 1. The zero-order valence-electron chi connectivity index (χ0n) is 53.4. The first-order chi connectivity index (χ1) is 43.7. The lowest BCUT2D eigenvalue weighted by molar-refractivity contribution is -0.338. The number of aliphatic hydroxyl groups is 5. The van der Waals surface area contributed by atoms with Gasteiger partial charge in [0, 0.05) is 39.5 Å². The first-order valence-corrected chi connectivity index (χ1v) is 32.2. The number of carbonyl (C=O) groups is 4. The molecule has 2 saturated carbocycles. The molecular weight excluding hydrogens is 1190 g/mol. The van der Waals surface area contributed by atoms with E-state index < -0.39 is 110 Å². The summed E-state index contributed by atoms with van der Waals surface area (Å²) in [5, 5.41) is 72.8. The molecule has 2 saturated heterocycles. The largest absolute Gasteiger partial charge is 0.479 e. The van der Waals surface area contributed by atoms with E-state index in [9.17, 15) is 49.8 Å². The Morgan fingerprint density at radius 3 is 1.49 bits per heavy atom. The maximum absolute atomic E-state index is 14.0. The summed E-state index contributed by atoms with van der Waals surface area (Å²) in [7, 11) is 1.63. The van der Waals surface area contributed by atoms with Gasteiger partial charge in [-0.25, -0.2) is 4.79 Å². The van der Waals surface area contributed by atoms with Crippen molar-refractivity contribution in [3.05, 3.63) is 0 Å². The second kappa shape index (κ2) is 48.7. The lowest BCUT2D eigenvalue weighted by atomic mass is 9.75. The number of nitrogens with one attached hydrogen (secondary N) is 3. The van der Waals surface area contributed by atoms with E-state index >= 15 is 0 Å². The van der Waals surface area contributed by atoms with E-state index in [0.717, 1.165) is 32.1 Å². The highest BCUT2D eigenvalue weighted by molar-refractivity contribution is 5.79. The van der Waals surface area contributed by atoms with Crippen molar-refractivity contribution in [2.45, 2.75) is 165 Å². The van der Waals surface area contributed by atoms with Crippen molar-refractivity contribution in [1.29, 1.82) is 0 Å². The molecule has 0 spiro atoms. The molecule has 0 aromatic carbocycles. The Labute approximate surface area is 529 Å². The van der Waals surface area contributed by atoms with Crippen molar-refractivity contribution in [3.63, 3.8) is 0 Å². The van der Waals surface area contributed by atoms with E-state index in [1.807, 2.05) is 6.92 Å². The molecule has 9 N–H and O–H groups in total. The van der Waals surface area contributed by atoms with Crippen LogP contribution in [0.25, 0.3) is 0 Å². The van der Waals surface area contributed by atoms with Crippen LogP contribution in [-0.2, 0) is 99.7 Å². The second-order valence-corrected chi connectivity index (χ2v) is 22.5. The van der Waals surface area contributed by atoms with Gasteiger partial charge in [0.15, 0.2) is 18.7 Å². The predicted octanol–water partition coefficient (Wildman–Crippen LogP) is -1.14. The molecular formula is C60H109N3O27. The van der Waals surface area contributed by atoms with Crippen LogP contribution in [0.1, 0.15) is 85.0 Å². The third kappa shape index (κ3) is 32.0. The molecule has 4 rings (SSSR count). The monoisotopic (exact) mass is 1300 g/mol. The minimum atomic E-state index is -1.69. The highest BCUT2D eigenvalue weighted by Crippen LogP contribution is 2.40. The standard InChI is InChI=1S/C60H109N3O27/c1-5-44-38-45(39-46(55(44)90-60-54(70)53(69)51(67)41(2)86-60)88-59-50(63-42(3)65)56(52(68)48(40-64)89-59)87-47(58(72)73)37-43-9-7-6-8-10-43)57(71)62-13-12-61-49(66)11-14-75-17-18-77-21-22-79-25-26-81-29-30-83-33-34-85-36-35-84-32-31-82-28-27-80-24-23-78-20-19-76-16-15-74-4/h41,43-48,50-56,59-60,64,67-70H,5-40H2,1-4H3,(H,61,66)(H,62,71)(H,63,65)(H,72,73)/t41-,44?,45?,46+,47-,48-,50?,51-,52-,53?,54-,55-,56?,59+,60?/m0/s1. The van der Waals surface area contributed by atoms with Crippen LogP contribution in [0.3, 0.4) is 0 Å². The van der Waals surface area contributed by atoms with E-state index in [2.05, 4.69) is 16.0 Å². The van der Waals surface area contributed by atoms with Crippen molar-refractivity contribution in [1.82, 2.24) is 16.0 Å². The molecule has 0 bridgehead atoms. The zero-order chi connectivity index (χ0) is 65.1. The number of amides is 3. The number of hydrogen-bond acceptors (Lipinski definition) is 26. The van der Waals surface area contributed by atoms with E-state index in [1.165, 1.54) is 13.8 Å². The molecule has 90 heavy (non-hydrogen) atoms. The van der Waals surface area contributed by atoms with Gasteiger partial charge in [0.25, 0.3) is 0 Å². The van der Waals surface area contributed by atoms with Gasteiger partial charge in [-0.3, -0.25) is 14.4 Å². The summed E-state index contributed by atoms with van der Waals surface area (Å²) >= 11 is 0. The van der Waals surface area contributed by atoms with Gasteiger partial charge in [-0.15, -0.1) is 0 Å². The Balaban J connectivity index is 1.07. The fraction of sp³-hybridized carbons (Fsp3) is 0.933. The van der Waals surface area contributed by atoms with Gasteiger partial charge in [-0.05, 0) is 38.0 Å². The molecule has 4 fully saturated rings. The van der Waals surface area contributed by atoms with Crippen LogP contribution in [-0.4, -0.2) is 313 Å². The molecule has 30 nitrogen and oxygen atoms in total. The molecule has 15 atom stereocenters. The Kier molecular flexibility index (Phi) is 43.0. The fourth-order valence-electron chi connectivity index (χ4n) is 10.8. The van der Waals surface area contributed by atoms with Crippen LogP contribution in [0.2, 0.25) is 0 Å². The van der Waals surface area contributed by atoms with E-state index in [1.54, 1.807) is 7.11 Å². The number of aliphatic hydroxyl groups excluding tert-OH is 5. The summed E-state index contributed by atoms with van der Waals surface area (Å²) in [4.78, 5) is 52.1. The van der Waals surface area contributed by atoms with Crippen molar-refractivity contribution in [2.75, 3.05) is 179 Å². The molecule has 0 aromatic heterocycles. The van der Waals surface area contributed by atoms with Crippen LogP contribution in [0, 0.1) is 17.8 Å². The summed E-state index contributed by atoms with van der Waals surface area (Å²) in [6, 6.07) is -1.34. The molecule has 3 amide bonds. The topological polar surface area (TPSA) is 383 Å². The highest BCUT2D eigenvalue weighted by Gasteiger charge is 2.53. The second-order valence-electron chi connectivity index (χ2n) is 22.5. The van der Waals surface area contributed by atoms with Gasteiger partial charge >= 0.3 is 5.97 Å². The first kappa shape index (κ1) is 79.4. The third-order valence-corrected chi connectivity index (χ3v) is 15.7. The van der Waals surface area contributed by atoms with Crippen LogP contribution < -0.4 is 16.0 Å². The van der Waals surface area contributed by atoms with Gasteiger partial charge < -0.3 is 127 Å². The van der Waals surface area contributed by atoms with Crippen LogP contribution in [0.4, 0.5) is 0 Å². The molecule has 6 unspecified atom stereocenters. The quantitative estimate of drug-likeness (QED) is 0.0325. The molecule has 0 radical (unpaired) electrons. The van der Waals surface area contributed by atoms with Crippen molar-refractivity contribution in [2.24, 2.45) is 17.8 Å². The Bertz CT molecular complexity index is 1870. The number of carboxylic acids is 1. The highest BCUT2D eigenvalue weighted by atomic mass is 16.7. The predicted molar refractivity (Wildman–Crippen MR) is 317 cm³/mol. The van der Waals surface area contributed by atoms with Gasteiger partial charge in [-0.1, -0.05) is 45.4 Å². The van der Waals surface area contributed by atoms with Crippen molar-refractivity contribution >= 4 is 23.7 Å². The molecule has 4 aliphatic rings. The Morgan fingerprint density at radius 1 is 0.556 bits per heavy atom. The first-order valence-electron chi connectivity index (χ1n) is 32.2. The van der Waals surface area contributed by atoms with Crippen LogP contribution in [0.5, 0.6) is 0 Å². The minimum Gasteiger partial charge on any atom is -0.479 e. The molecule has 0 aromatic rings. The molecule has 2 aliphatic heterocycles. The van der Waals surface area contributed by atoms with Crippen LogP contribution in [0.15, 0.2) is 0 Å². The number of carbonyl (C=O) groups excluding carboxylic acids is 3. The smallest absolute Gasteiger partial charge is 0.332 e. The summed E-state index contributed by atoms with van der Waals surface area (Å²) in [5.41, 5.74) is 0. The normalized spacial score (nSPS) is 27.7. The van der Waals surface area contributed by atoms with Gasteiger partial charge in [0.1, 0.15) is 42.7 Å². The third-order valence-electron chi connectivity index (χ3n) is 15.7. The maximum Gasteiger partial charge on any atom is 0.332 e. The number of hydrogen-bond donors (Lipinski definition) is 9. The number of rotatable bonds is 52. The van der Waals surface area contributed by atoms with Crippen LogP contribution >= 0.6 is 0 Å². The zero-order valence-corrected chi connectivity index (χ0v) is 53.4. The Hall–Kier alpha value is -3.00. The summed E-state index contributed by atoms with van der Waals surface area (Å²) in [5.74, 6) is -3.65. The Morgan fingerprint density at radius 2 is 1.03 bits per heavy atom. The SMILES string of the molecule is CCC1CC(C(=O)NCCNC(=O)CCOCCOCCOCCOCCOCCOCCOCCOCCOCCOCCOCCOC)C[C@@H](O[C@@H]2O[C@@H](CO)[C@H](O)C(O[C@@H](CC3CCCCC3)C(=O)O)C2NC(C)=O)[C@H]1OC1O[C@@H](C)[C@H](O)C(O)[C@@H]1O. The summed E-state index contributed by atoms with van der Waals surface area (Å²) < 4.78 is 96.5. The lowest BCUT2D eigenvalue weighted by Gasteiger charge is -2.49. The minimum absolute atomic E-state index is 0.0345. The number of carboxylic acid groups (broad SMARTS) is 1. The lowest BCUT2D eigenvalue weighted by Crippen LogP contribution is -2.67. The average Bonchev–Trinajstić information content (AvgIpc) is 0.989.